The van der Waals surface area contributed by atoms with E-state index in [2.05, 4.69) is 15.9 Å². The van der Waals surface area contributed by atoms with Gasteiger partial charge in [0.2, 0.25) is 0 Å². The van der Waals surface area contributed by atoms with E-state index in [0.717, 1.165) is 18.2 Å². The summed E-state index contributed by atoms with van der Waals surface area (Å²) in [5.74, 6) is -1.29. The zero-order chi connectivity index (χ0) is 14.1. The predicted molar refractivity (Wildman–Crippen MR) is 59.7 cm³/mol. The van der Waals surface area contributed by atoms with Gasteiger partial charge < -0.3 is 5.11 Å². The monoisotopic (exact) mass is 347 g/mol. The van der Waals surface area contributed by atoms with Gasteiger partial charge in [0.05, 0.1) is 11.3 Å². The Hall–Kier alpha value is -1.29. The molecule has 1 rings (SSSR count). The molecule has 5 nitrogen and oxygen atoms in total. The van der Waals surface area contributed by atoms with E-state index in [9.17, 15) is 26.4 Å². The molecule has 0 radical (unpaired) electrons. The number of hydrogen-bond donors (Lipinski definition) is 2. The largest absolute Gasteiger partial charge is 0.516 e. The molecular weight excluding hydrogens is 343 g/mol. The predicted octanol–water partition coefficient (Wildman–Crippen LogP) is 2.41. The van der Waals surface area contributed by atoms with Crippen molar-refractivity contribution in [2.75, 3.05) is 4.72 Å². The maximum absolute atomic E-state index is 12.1. The van der Waals surface area contributed by atoms with E-state index in [0.29, 0.717) is 0 Å². The van der Waals surface area contributed by atoms with Crippen LogP contribution in [-0.4, -0.2) is 25.0 Å². The first kappa shape index (κ1) is 14.8. The first-order valence-corrected chi connectivity index (χ1v) is 6.44. The molecule has 1 aromatic rings. The summed E-state index contributed by atoms with van der Waals surface area (Å²) in [6.07, 6.45) is 0. The van der Waals surface area contributed by atoms with Gasteiger partial charge in [0.1, 0.15) is 0 Å². The smallest absolute Gasteiger partial charge is 0.478 e. The van der Waals surface area contributed by atoms with Crippen molar-refractivity contribution in [3.8, 4) is 0 Å². The lowest BCUT2D eigenvalue weighted by molar-refractivity contribution is -0.0429. The summed E-state index contributed by atoms with van der Waals surface area (Å²) in [6, 6.07) is 2.87. The SMILES string of the molecule is O=C(O)c1ccc(NS(=O)(=O)C(F)(F)F)c(Br)c1. The number of carboxylic acid groups (broad SMARTS) is 1. The Kier molecular flexibility index (Phi) is 3.91. The molecule has 2 N–H and O–H groups in total. The molecule has 0 spiro atoms. The number of sulfonamides is 1. The number of rotatable bonds is 3. The molecule has 18 heavy (non-hydrogen) atoms. The fourth-order valence-electron chi connectivity index (χ4n) is 0.934. The van der Waals surface area contributed by atoms with Crippen molar-refractivity contribution < 1.29 is 31.5 Å². The molecule has 0 unspecified atom stereocenters. The van der Waals surface area contributed by atoms with Gasteiger partial charge in [-0.3, -0.25) is 4.72 Å². The van der Waals surface area contributed by atoms with Crippen molar-refractivity contribution in [1.29, 1.82) is 0 Å². The van der Waals surface area contributed by atoms with Gasteiger partial charge in [-0.25, -0.2) is 4.79 Å². The molecule has 10 heteroatoms. The van der Waals surface area contributed by atoms with Crippen LogP contribution in [0.5, 0.6) is 0 Å². The van der Waals surface area contributed by atoms with Crippen LogP contribution >= 0.6 is 15.9 Å². The number of carbonyl (C=O) groups is 1. The van der Waals surface area contributed by atoms with Gasteiger partial charge in [-0.1, -0.05) is 0 Å². The van der Waals surface area contributed by atoms with Crippen molar-refractivity contribution >= 4 is 37.6 Å². The third-order valence-electron chi connectivity index (χ3n) is 1.77. The first-order chi connectivity index (χ1) is 8.04. The molecule has 0 saturated carbocycles. The lowest BCUT2D eigenvalue weighted by atomic mass is 10.2. The molecule has 1 aromatic carbocycles. The van der Waals surface area contributed by atoms with E-state index < -0.39 is 27.2 Å². The van der Waals surface area contributed by atoms with Gasteiger partial charge in [-0.15, -0.1) is 0 Å². The summed E-state index contributed by atoms with van der Waals surface area (Å²) in [5.41, 5.74) is -6.05. The van der Waals surface area contributed by atoms with Crippen LogP contribution in [-0.2, 0) is 10.0 Å². The Labute approximate surface area is 108 Å². The lowest BCUT2D eigenvalue weighted by Crippen LogP contribution is -2.30. The van der Waals surface area contributed by atoms with Crippen LogP contribution in [0.15, 0.2) is 22.7 Å². The normalized spacial score (nSPS) is 12.2. The minimum absolute atomic E-state index is 0.116. The molecule has 0 amide bonds. The number of aromatic carboxylic acids is 1. The average Bonchev–Trinajstić information content (AvgIpc) is 2.18. The van der Waals surface area contributed by atoms with Crippen LogP contribution in [0.25, 0.3) is 0 Å². The number of alkyl halides is 3. The van der Waals surface area contributed by atoms with E-state index in [1.54, 1.807) is 0 Å². The average molecular weight is 348 g/mol. The molecule has 100 valence electrons. The van der Waals surface area contributed by atoms with Gasteiger partial charge in [0.15, 0.2) is 0 Å². The van der Waals surface area contributed by atoms with Gasteiger partial charge in [0.25, 0.3) is 0 Å². The quantitative estimate of drug-likeness (QED) is 0.879. The number of halogens is 4. The molecule has 0 saturated heterocycles. The number of hydrogen-bond acceptors (Lipinski definition) is 3. The fraction of sp³-hybridized carbons (Fsp3) is 0.125. The van der Waals surface area contributed by atoms with Crippen molar-refractivity contribution in [2.45, 2.75) is 5.51 Å². The summed E-state index contributed by atoms with van der Waals surface area (Å²) >= 11 is 2.78. The second kappa shape index (κ2) is 4.76. The summed E-state index contributed by atoms with van der Waals surface area (Å²) in [4.78, 5) is 10.6. The van der Waals surface area contributed by atoms with Crippen molar-refractivity contribution in [3.05, 3.63) is 28.2 Å². The summed E-state index contributed by atoms with van der Waals surface area (Å²) in [7, 11) is -5.53. The van der Waals surface area contributed by atoms with Crippen molar-refractivity contribution in [1.82, 2.24) is 0 Å². The molecule has 0 aliphatic heterocycles. The highest BCUT2D eigenvalue weighted by Gasteiger charge is 2.46. The highest BCUT2D eigenvalue weighted by Crippen LogP contribution is 2.29. The summed E-state index contributed by atoms with van der Waals surface area (Å²) in [5, 5.41) is 8.62. The highest BCUT2D eigenvalue weighted by molar-refractivity contribution is 9.10. The Bertz CT molecular complexity index is 584. The minimum atomic E-state index is -5.53. The first-order valence-electron chi connectivity index (χ1n) is 4.16. The molecule has 0 bridgehead atoms. The number of anilines is 1. The van der Waals surface area contributed by atoms with E-state index in [1.165, 1.54) is 4.72 Å². The van der Waals surface area contributed by atoms with E-state index in [-0.39, 0.29) is 10.0 Å². The van der Waals surface area contributed by atoms with Crippen molar-refractivity contribution in [2.24, 2.45) is 0 Å². The molecule has 0 aliphatic rings. The zero-order valence-electron chi connectivity index (χ0n) is 8.32. The number of nitrogens with one attached hydrogen (secondary N) is 1. The Morgan fingerprint density at radius 2 is 1.89 bits per heavy atom. The lowest BCUT2D eigenvalue weighted by Gasteiger charge is -2.12. The van der Waals surface area contributed by atoms with Crippen LogP contribution in [0.1, 0.15) is 10.4 Å². The third kappa shape index (κ3) is 3.13. The molecule has 0 atom stereocenters. The van der Waals surface area contributed by atoms with Crippen LogP contribution in [0.2, 0.25) is 0 Å². The Morgan fingerprint density at radius 3 is 2.28 bits per heavy atom. The second-order valence-corrected chi connectivity index (χ2v) is 5.58. The summed E-state index contributed by atoms with van der Waals surface area (Å²) < 4.78 is 59.1. The topological polar surface area (TPSA) is 83.5 Å². The summed E-state index contributed by atoms with van der Waals surface area (Å²) in [6.45, 7) is 0. The molecule has 0 fully saturated rings. The molecular formula is C8H5BrF3NO4S. The fourth-order valence-corrected chi connectivity index (χ4v) is 2.13. The Balaban J connectivity index is 3.11. The molecule has 0 aromatic heterocycles. The van der Waals surface area contributed by atoms with Crippen LogP contribution in [0.3, 0.4) is 0 Å². The van der Waals surface area contributed by atoms with Gasteiger partial charge in [0, 0.05) is 4.47 Å². The van der Waals surface area contributed by atoms with Gasteiger partial charge in [-0.05, 0) is 34.1 Å². The van der Waals surface area contributed by atoms with E-state index in [1.807, 2.05) is 0 Å². The third-order valence-corrected chi connectivity index (χ3v) is 3.52. The maximum Gasteiger partial charge on any atom is 0.516 e. The van der Waals surface area contributed by atoms with Crippen LogP contribution in [0.4, 0.5) is 18.9 Å². The van der Waals surface area contributed by atoms with Gasteiger partial charge >= 0.3 is 21.5 Å². The number of benzene rings is 1. The minimum Gasteiger partial charge on any atom is -0.478 e. The maximum atomic E-state index is 12.1. The van der Waals surface area contributed by atoms with E-state index in [4.69, 9.17) is 5.11 Å². The van der Waals surface area contributed by atoms with Crippen LogP contribution in [0, 0.1) is 0 Å². The standard InChI is InChI=1S/C8H5BrF3NO4S/c9-5-3-4(7(14)15)1-2-6(5)13-18(16,17)8(10,11)12/h1-3,13H,(H,14,15). The second-order valence-electron chi connectivity index (χ2n) is 3.05. The van der Waals surface area contributed by atoms with Gasteiger partial charge in [-0.2, -0.15) is 21.6 Å². The molecule has 0 heterocycles. The molecule has 0 aliphatic carbocycles. The number of carboxylic acids is 1. The highest BCUT2D eigenvalue weighted by atomic mass is 79.9. The van der Waals surface area contributed by atoms with Crippen molar-refractivity contribution in [3.63, 3.8) is 0 Å². The van der Waals surface area contributed by atoms with Crippen LogP contribution < -0.4 is 4.72 Å². The van der Waals surface area contributed by atoms with E-state index >= 15 is 0 Å². The zero-order valence-corrected chi connectivity index (χ0v) is 10.7. The Morgan fingerprint density at radius 1 is 1.33 bits per heavy atom.